The van der Waals surface area contributed by atoms with Gasteiger partial charge in [0.1, 0.15) is 10.6 Å². The molecule has 1 atom stereocenters. The fraction of sp³-hybridized carbons (Fsp3) is 0.450. The lowest BCUT2D eigenvalue weighted by molar-refractivity contribution is 0.0940. The van der Waals surface area contributed by atoms with Crippen molar-refractivity contribution in [3.05, 3.63) is 41.3 Å². The summed E-state index contributed by atoms with van der Waals surface area (Å²) in [4.78, 5) is 16.8. The fourth-order valence-electron chi connectivity index (χ4n) is 2.85. The summed E-state index contributed by atoms with van der Waals surface area (Å²) in [5, 5.41) is 3.08. The Kier molecular flexibility index (Phi) is 5.76. The van der Waals surface area contributed by atoms with E-state index in [-0.39, 0.29) is 5.91 Å². The monoisotopic (exact) mass is 358 g/mol. The van der Waals surface area contributed by atoms with Crippen LogP contribution < -0.4 is 10.1 Å². The standard InChI is InChI=1S/C20H26N2O2S/c1-4-24-17-12-18(15-8-6-5-7-9-15)25-19(17)20(23)21-13-14(2)22(3)16-10-11-16/h5-9,12,14,16H,4,10-11,13H2,1-3H3,(H,21,23). The first kappa shape index (κ1) is 18.0. The van der Waals surface area contributed by atoms with E-state index in [1.165, 1.54) is 24.2 Å². The molecule has 1 fully saturated rings. The number of ether oxygens (including phenoxy) is 1. The first-order valence-corrected chi connectivity index (χ1v) is 9.74. The van der Waals surface area contributed by atoms with Gasteiger partial charge in [-0.1, -0.05) is 30.3 Å². The number of nitrogens with zero attached hydrogens (tertiary/aromatic N) is 1. The molecule has 1 aromatic carbocycles. The van der Waals surface area contributed by atoms with Gasteiger partial charge in [-0.2, -0.15) is 0 Å². The van der Waals surface area contributed by atoms with Crippen molar-refractivity contribution in [1.29, 1.82) is 0 Å². The molecule has 0 saturated heterocycles. The lowest BCUT2D eigenvalue weighted by atomic mass is 10.2. The Bertz CT molecular complexity index is 710. The summed E-state index contributed by atoms with van der Waals surface area (Å²) in [5.74, 6) is 0.624. The van der Waals surface area contributed by atoms with Crippen LogP contribution in [0.15, 0.2) is 36.4 Å². The van der Waals surface area contributed by atoms with Gasteiger partial charge >= 0.3 is 0 Å². The summed E-state index contributed by atoms with van der Waals surface area (Å²) in [6.45, 7) is 5.29. The van der Waals surface area contributed by atoms with E-state index in [1.54, 1.807) is 0 Å². The van der Waals surface area contributed by atoms with Gasteiger partial charge < -0.3 is 10.1 Å². The van der Waals surface area contributed by atoms with Crippen molar-refractivity contribution in [1.82, 2.24) is 10.2 Å². The highest BCUT2D eigenvalue weighted by Crippen LogP contribution is 2.36. The largest absolute Gasteiger partial charge is 0.492 e. The van der Waals surface area contributed by atoms with Crippen LogP contribution in [0.25, 0.3) is 10.4 Å². The molecule has 0 spiro atoms. The molecule has 2 aromatic rings. The number of hydrogen-bond donors (Lipinski definition) is 1. The van der Waals surface area contributed by atoms with Gasteiger partial charge in [-0.25, -0.2) is 0 Å². The number of thiophene rings is 1. The van der Waals surface area contributed by atoms with E-state index in [0.717, 1.165) is 10.4 Å². The molecule has 1 N–H and O–H groups in total. The number of benzene rings is 1. The summed E-state index contributed by atoms with van der Waals surface area (Å²) < 4.78 is 5.70. The number of nitrogens with one attached hydrogen (secondary N) is 1. The van der Waals surface area contributed by atoms with E-state index in [9.17, 15) is 4.79 Å². The Labute approximate surface area is 153 Å². The first-order chi connectivity index (χ1) is 12.1. The maximum absolute atomic E-state index is 12.7. The first-order valence-electron chi connectivity index (χ1n) is 8.92. The predicted octanol–water partition coefficient (Wildman–Crippen LogP) is 4.03. The van der Waals surface area contributed by atoms with E-state index >= 15 is 0 Å². The third kappa shape index (κ3) is 4.41. The molecule has 0 bridgehead atoms. The van der Waals surface area contributed by atoms with Crippen LogP contribution in [0.1, 0.15) is 36.4 Å². The van der Waals surface area contributed by atoms with Crippen LogP contribution >= 0.6 is 11.3 Å². The second-order valence-corrected chi connectivity index (χ2v) is 7.61. The highest BCUT2D eigenvalue weighted by molar-refractivity contribution is 7.17. The van der Waals surface area contributed by atoms with Gasteiger partial charge in [0.2, 0.25) is 0 Å². The molecular weight excluding hydrogens is 332 g/mol. The molecule has 134 valence electrons. The Morgan fingerprint density at radius 3 is 2.72 bits per heavy atom. The smallest absolute Gasteiger partial charge is 0.265 e. The van der Waals surface area contributed by atoms with Crippen LogP contribution in [-0.4, -0.2) is 43.1 Å². The maximum Gasteiger partial charge on any atom is 0.265 e. The van der Waals surface area contributed by atoms with Crippen molar-refractivity contribution in [3.8, 4) is 16.2 Å². The molecule has 0 radical (unpaired) electrons. The molecule has 25 heavy (non-hydrogen) atoms. The Hall–Kier alpha value is -1.85. The highest BCUT2D eigenvalue weighted by Gasteiger charge is 2.29. The van der Waals surface area contributed by atoms with Crippen LogP contribution in [-0.2, 0) is 0 Å². The molecule has 1 amide bonds. The lowest BCUT2D eigenvalue weighted by Crippen LogP contribution is -2.41. The van der Waals surface area contributed by atoms with Crippen LogP contribution in [0.2, 0.25) is 0 Å². The van der Waals surface area contributed by atoms with E-state index < -0.39 is 0 Å². The molecule has 3 rings (SSSR count). The molecule has 1 saturated carbocycles. The zero-order chi connectivity index (χ0) is 17.8. The van der Waals surface area contributed by atoms with Crippen molar-refractivity contribution in [3.63, 3.8) is 0 Å². The van der Waals surface area contributed by atoms with Crippen molar-refractivity contribution in [2.45, 2.75) is 38.8 Å². The van der Waals surface area contributed by atoms with Gasteiger partial charge in [0, 0.05) is 23.5 Å². The van der Waals surface area contributed by atoms with Gasteiger partial charge in [0.05, 0.1) is 6.61 Å². The second-order valence-electron chi connectivity index (χ2n) is 6.56. The minimum atomic E-state index is -0.0494. The number of carbonyl (C=O) groups is 1. The molecule has 0 aliphatic heterocycles. The zero-order valence-corrected chi connectivity index (χ0v) is 15.9. The number of hydrogen-bond acceptors (Lipinski definition) is 4. The van der Waals surface area contributed by atoms with E-state index in [2.05, 4.69) is 36.3 Å². The van der Waals surface area contributed by atoms with E-state index in [1.807, 2.05) is 31.2 Å². The summed E-state index contributed by atoms with van der Waals surface area (Å²) in [6, 6.07) is 13.1. The minimum absolute atomic E-state index is 0.0494. The zero-order valence-electron chi connectivity index (χ0n) is 15.1. The minimum Gasteiger partial charge on any atom is -0.492 e. The number of amides is 1. The number of rotatable bonds is 8. The van der Waals surface area contributed by atoms with Gasteiger partial charge in [-0.15, -0.1) is 11.3 Å². The second kappa shape index (κ2) is 8.02. The van der Waals surface area contributed by atoms with Gasteiger partial charge in [-0.3, -0.25) is 9.69 Å². The Morgan fingerprint density at radius 2 is 2.08 bits per heavy atom. The molecule has 4 nitrogen and oxygen atoms in total. The topological polar surface area (TPSA) is 41.6 Å². The summed E-state index contributed by atoms with van der Waals surface area (Å²) in [5.41, 5.74) is 1.11. The highest BCUT2D eigenvalue weighted by atomic mass is 32.1. The Morgan fingerprint density at radius 1 is 1.36 bits per heavy atom. The number of likely N-dealkylation sites (N-methyl/N-ethyl adjacent to an activating group) is 1. The van der Waals surface area contributed by atoms with E-state index in [0.29, 0.717) is 35.9 Å². The molecule has 1 aliphatic carbocycles. The summed E-state index contributed by atoms with van der Waals surface area (Å²) >= 11 is 1.49. The number of carbonyl (C=O) groups excluding carboxylic acids is 1. The molecule has 1 aliphatic rings. The Balaban J connectivity index is 1.71. The van der Waals surface area contributed by atoms with Crippen molar-refractivity contribution < 1.29 is 9.53 Å². The quantitative estimate of drug-likeness (QED) is 0.775. The van der Waals surface area contributed by atoms with E-state index in [4.69, 9.17) is 4.74 Å². The van der Waals surface area contributed by atoms with Crippen molar-refractivity contribution in [2.24, 2.45) is 0 Å². The van der Waals surface area contributed by atoms with Crippen LogP contribution in [0.5, 0.6) is 5.75 Å². The average molecular weight is 359 g/mol. The average Bonchev–Trinajstić information content (AvgIpc) is 3.40. The van der Waals surface area contributed by atoms with Crippen LogP contribution in [0, 0.1) is 0 Å². The van der Waals surface area contributed by atoms with Gasteiger partial charge in [0.25, 0.3) is 5.91 Å². The predicted molar refractivity (Wildman–Crippen MR) is 104 cm³/mol. The summed E-state index contributed by atoms with van der Waals surface area (Å²) in [7, 11) is 2.14. The van der Waals surface area contributed by atoms with Crippen LogP contribution in [0.3, 0.4) is 0 Å². The fourth-order valence-corrected chi connectivity index (χ4v) is 3.87. The van der Waals surface area contributed by atoms with Crippen molar-refractivity contribution >= 4 is 17.2 Å². The maximum atomic E-state index is 12.7. The SMILES string of the molecule is CCOc1cc(-c2ccccc2)sc1C(=O)NCC(C)N(C)C1CC1. The molecular formula is C20H26N2O2S. The molecule has 5 heteroatoms. The third-order valence-electron chi connectivity index (χ3n) is 4.64. The lowest BCUT2D eigenvalue weighted by Gasteiger charge is -2.24. The summed E-state index contributed by atoms with van der Waals surface area (Å²) in [6.07, 6.45) is 2.54. The third-order valence-corrected chi connectivity index (χ3v) is 5.80. The van der Waals surface area contributed by atoms with Gasteiger partial charge in [0.15, 0.2) is 0 Å². The molecule has 1 aromatic heterocycles. The van der Waals surface area contributed by atoms with Crippen molar-refractivity contribution in [2.75, 3.05) is 20.2 Å². The normalized spacial score (nSPS) is 15.2. The van der Waals surface area contributed by atoms with Gasteiger partial charge in [-0.05, 0) is 45.4 Å². The molecule has 1 unspecified atom stereocenters. The molecule has 1 heterocycles. The van der Waals surface area contributed by atoms with Crippen LogP contribution in [0.4, 0.5) is 0 Å².